The van der Waals surface area contributed by atoms with E-state index in [0.717, 1.165) is 18.4 Å². The van der Waals surface area contributed by atoms with Crippen molar-refractivity contribution in [1.82, 2.24) is 0 Å². The molecule has 0 saturated heterocycles. The highest BCUT2D eigenvalue weighted by Crippen LogP contribution is 2.12. The lowest BCUT2D eigenvalue weighted by molar-refractivity contribution is -0.119. The molecule has 1 aromatic carbocycles. The van der Waals surface area contributed by atoms with Gasteiger partial charge in [-0.2, -0.15) is 0 Å². The van der Waals surface area contributed by atoms with E-state index in [1.54, 1.807) is 12.1 Å². The van der Waals surface area contributed by atoms with Crippen LogP contribution < -0.4 is 5.73 Å². The Bertz CT molecular complexity index is 338. The molecule has 0 aliphatic carbocycles. The molecule has 15 heavy (non-hydrogen) atoms. The Labute approximate surface area is 95.4 Å². The van der Waals surface area contributed by atoms with Crippen molar-refractivity contribution in [3.8, 4) is 0 Å². The van der Waals surface area contributed by atoms with Crippen molar-refractivity contribution in [3.63, 3.8) is 0 Å². The highest BCUT2D eigenvalue weighted by Gasteiger charge is 2.12. The molecule has 2 N–H and O–H groups in total. The molecule has 0 bridgehead atoms. The zero-order valence-corrected chi connectivity index (χ0v) is 9.63. The zero-order chi connectivity index (χ0) is 11.3. The summed E-state index contributed by atoms with van der Waals surface area (Å²) in [6.45, 7) is 2.02. The van der Waals surface area contributed by atoms with E-state index in [4.69, 9.17) is 17.3 Å². The van der Waals surface area contributed by atoms with Crippen molar-refractivity contribution in [2.24, 2.45) is 5.73 Å². The summed E-state index contributed by atoms with van der Waals surface area (Å²) in [6.07, 6.45) is 2.06. The van der Waals surface area contributed by atoms with Crippen LogP contribution in [0.15, 0.2) is 24.3 Å². The normalized spacial score (nSPS) is 12.5. The molecule has 0 radical (unpaired) electrons. The van der Waals surface area contributed by atoms with Crippen LogP contribution in [0, 0.1) is 0 Å². The fraction of sp³-hybridized carbons (Fsp3) is 0.417. The Morgan fingerprint density at radius 3 is 2.87 bits per heavy atom. The van der Waals surface area contributed by atoms with E-state index in [1.807, 2.05) is 19.1 Å². The first-order valence-corrected chi connectivity index (χ1v) is 5.54. The Hall–Kier alpha value is -0.860. The average molecular weight is 226 g/mol. The Balaban J connectivity index is 2.58. The van der Waals surface area contributed by atoms with Crippen LogP contribution in [-0.4, -0.2) is 11.8 Å². The highest BCUT2D eigenvalue weighted by molar-refractivity contribution is 6.30. The van der Waals surface area contributed by atoms with Gasteiger partial charge in [0.15, 0.2) is 5.78 Å². The predicted molar refractivity (Wildman–Crippen MR) is 63.0 cm³/mol. The third-order valence-corrected chi connectivity index (χ3v) is 2.52. The minimum atomic E-state index is -0.339. The van der Waals surface area contributed by atoms with E-state index < -0.39 is 0 Å². The van der Waals surface area contributed by atoms with Gasteiger partial charge in [0.05, 0.1) is 6.04 Å². The number of halogens is 1. The molecule has 1 aromatic rings. The van der Waals surface area contributed by atoms with Crippen molar-refractivity contribution in [2.45, 2.75) is 32.2 Å². The first kappa shape index (κ1) is 12.2. The SMILES string of the molecule is CCCC(N)C(=O)Cc1cccc(Cl)c1. The van der Waals surface area contributed by atoms with Gasteiger partial charge in [-0.1, -0.05) is 37.1 Å². The molecular formula is C12H16ClNO. The molecule has 0 heterocycles. The first-order chi connectivity index (χ1) is 7.13. The van der Waals surface area contributed by atoms with E-state index in [2.05, 4.69) is 0 Å². The van der Waals surface area contributed by atoms with Crippen molar-refractivity contribution in [1.29, 1.82) is 0 Å². The molecule has 1 atom stereocenters. The van der Waals surface area contributed by atoms with Crippen LogP contribution in [-0.2, 0) is 11.2 Å². The van der Waals surface area contributed by atoms with Gasteiger partial charge in [0, 0.05) is 11.4 Å². The number of benzene rings is 1. The summed E-state index contributed by atoms with van der Waals surface area (Å²) in [6, 6.07) is 6.99. The van der Waals surface area contributed by atoms with Crippen LogP contribution in [0.5, 0.6) is 0 Å². The zero-order valence-electron chi connectivity index (χ0n) is 8.87. The standard InChI is InChI=1S/C12H16ClNO/c1-2-4-11(14)12(15)8-9-5-3-6-10(13)7-9/h3,5-7,11H,2,4,8,14H2,1H3. The fourth-order valence-electron chi connectivity index (χ4n) is 1.45. The molecule has 0 aliphatic rings. The van der Waals surface area contributed by atoms with Crippen LogP contribution in [0.4, 0.5) is 0 Å². The average Bonchev–Trinajstić information content (AvgIpc) is 2.18. The molecule has 3 heteroatoms. The van der Waals surface area contributed by atoms with Gasteiger partial charge in [-0.15, -0.1) is 0 Å². The van der Waals surface area contributed by atoms with E-state index in [-0.39, 0.29) is 11.8 Å². The second-order valence-corrected chi connectivity index (χ2v) is 4.10. The molecule has 82 valence electrons. The number of carbonyl (C=O) groups is 1. The number of nitrogens with two attached hydrogens (primary N) is 1. The number of rotatable bonds is 5. The van der Waals surface area contributed by atoms with Crippen molar-refractivity contribution in [3.05, 3.63) is 34.9 Å². The van der Waals surface area contributed by atoms with E-state index in [9.17, 15) is 4.79 Å². The Kier molecular flexibility index (Phi) is 4.79. The molecule has 1 rings (SSSR count). The lowest BCUT2D eigenvalue weighted by Crippen LogP contribution is -2.31. The number of carbonyl (C=O) groups excluding carboxylic acids is 1. The second kappa shape index (κ2) is 5.89. The first-order valence-electron chi connectivity index (χ1n) is 5.16. The van der Waals surface area contributed by atoms with Crippen LogP contribution in [0.2, 0.25) is 5.02 Å². The topological polar surface area (TPSA) is 43.1 Å². The van der Waals surface area contributed by atoms with Gasteiger partial charge in [-0.25, -0.2) is 0 Å². The van der Waals surface area contributed by atoms with E-state index in [0.29, 0.717) is 11.4 Å². The third-order valence-electron chi connectivity index (χ3n) is 2.28. The summed E-state index contributed by atoms with van der Waals surface area (Å²) in [5.74, 6) is 0.0825. The van der Waals surface area contributed by atoms with Crippen molar-refractivity contribution in [2.75, 3.05) is 0 Å². The van der Waals surface area contributed by atoms with Gasteiger partial charge in [0.2, 0.25) is 0 Å². The minimum Gasteiger partial charge on any atom is -0.321 e. The molecule has 0 aromatic heterocycles. The highest BCUT2D eigenvalue weighted by atomic mass is 35.5. The fourth-order valence-corrected chi connectivity index (χ4v) is 1.66. The lowest BCUT2D eigenvalue weighted by atomic mass is 10.0. The summed E-state index contributed by atoms with van der Waals surface area (Å²) in [5.41, 5.74) is 6.66. The summed E-state index contributed by atoms with van der Waals surface area (Å²) in [4.78, 5) is 11.6. The maximum Gasteiger partial charge on any atom is 0.153 e. The predicted octanol–water partition coefficient (Wildman–Crippen LogP) is 2.58. The Morgan fingerprint density at radius 2 is 2.27 bits per heavy atom. The van der Waals surface area contributed by atoms with Crippen LogP contribution in [0.3, 0.4) is 0 Å². The van der Waals surface area contributed by atoms with Crippen LogP contribution >= 0.6 is 11.6 Å². The van der Waals surface area contributed by atoms with E-state index in [1.165, 1.54) is 0 Å². The van der Waals surface area contributed by atoms with E-state index >= 15 is 0 Å². The molecule has 0 amide bonds. The molecule has 1 unspecified atom stereocenters. The van der Waals surface area contributed by atoms with Crippen LogP contribution in [0.1, 0.15) is 25.3 Å². The van der Waals surface area contributed by atoms with Gasteiger partial charge in [0.1, 0.15) is 0 Å². The Morgan fingerprint density at radius 1 is 1.53 bits per heavy atom. The van der Waals surface area contributed by atoms with Crippen LogP contribution in [0.25, 0.3) is 0 Å². The molecule has 0 aliphatic heterocycles. The monoisotopic (exact) mass is 225 g/mol. The third kappa shape index (κ3) is 4.02. The van der Waals surface area contributed by atoms with Crippen molar-refractivity contribution < 1.29 is 4.79 Å². The molecule has 0 saturated carbocycles. The van der Waals surface area contributed by atoms with Gasteiger partial charge in [0.25, 0.3) is 0 Å². The molecule has 0 spiro atoms. The van der Waals surface area contributed by atoms with Crippen molar-refractivity contribution >= 4 is 17.4 Å². The number of ketones is 1. The molecule has 2 nitrogen and oxygen atoms in total. The van der Waals surface area contributed by atoms with Gasteiger partial charge in [-0.3, -0.25) is 4.79 Å². The quantitative estimate of drug-likeness (QED) is 0.837. The maximum atomic E-state index is 11.6. The number of hydrogen-bond donors (Lipinski definition) is 1. The van der Waals surface area contributed by atoms with Gasteiger partial charge >= 0.3 is 0 Å². The number of hydrogen-bond acceptors (Lipinski definition) is 2. The van der Waals surface area contributed by atoms with Gasteiger partial charge in [-0.05, 0) is 24.1 Å². The summed E-state index contributed by atoms with van der Waals surface area (Å²) in [7, 11) is 0. The largest absolute Gasteiger partial charge is 0.321 e. The molecular weight excluding hydrogens is 210 g/mol. The minimum absolute atomic E-state index is 0.0825. The smallest absolute Gasteiger partial charge is 0.153 e. The lowest BCUT2D eigenvalue weighted by Gasteiger charge is -2.08. The summed E-state index contributed by atoms with van der Waals surface area (Å²) in [5, 5.41) is 0.657. The summed E-state index contributed by atoms with van der Waals surface area (Å²) < 4.78 is 0. The molecule has 0 fully saturated rings. The maximum absolute atomic E-state index is 11.6. The number of Topliss-reactive ketones (excluding diaryl/α,β-unsaturated/α-hetero) is 1. The van der Waals surface area contributed by atoms with Gasteiger partial charge < -0.3 is 5.73 Å². The second-order valence-electron chi connectivity index (χ2n) is 3.67. The summed E-state index contributed by atoms with van der Waals surface area (Å²) >= 11 is 5.83.